The minimum Gasteiger partial charge on any atom is -0.382 e. The summed E-state index contributed by atoms with van der Waals surface area (Å²) in [6.45, 7) is 2.76. The van der Waals surface area contributed by atoms with E-state index in [1.807, 2.05) is 18.9 Å². The summed E-state index contributed by atoms with van der Waals surface area (Å²) in [6.07, 6.45) is 0. The smallest absolute Gasteiger partial charge is 0.269 e. The Labute approximate surface area is 136 Å². The SMILES string of the molecule is CCN(C)c1nc(N)c(C(=O)Nc2cc(Cl)ccc2Cl)s1. The highest BCUT2D eigenvalue weighted by molar-refractivity contribution is 7.18. The molecule has 0 unspecified atom stereocenters. The van der Waals surface area contributed by atoms with Crippen LogP contribution in [0.4, 0.5) is 16.6 Å². The van der Waals surface area contributed by atoms with Crippen molar-refractivity contribution in [2.75, 3.05) is 29.5 Å². The van der Waals surface area contributed by atoms with E-state index in [9.17, 15) is 4.79 Å². The standard InChI is InChI=1S/C13H14Cl2N4OS/c1-3-19(2)13-18-11(16)10(21-13)12(20)17-9-6-7(14)4-5-8(9)15/h4-6H,3,16H2,1-2H3,(H,17,20). The van der Waals surface area contributed by atoms with E-state index in [4.69, 9.17) is 28.9 Å². The van der Waals surface area contributed by atoms with Crippen molar-refractivity contribution in [3.8, 4) is 0 Å². The Hall–Kier alpha value is -1.50. The third-order valence-corrected chi connectivity index (χ3v) is 4.57. The third kappa shape index (κ3) is 3.58. The number of nitrogens with two attached hydrogens (primary N) is 1. The molecule has 0 saturated carbocycles. The molecule has 0 saturated heterocycles. The number of rotatable bonds is 4. The first-order valence-electron chi connectivity index (χ1n) is 6.16. The molecule has 0 aliphatic heterocycles. The maximum atomic E-state index is 12.3. The molecule has 0 atom stereocenters. The van der Waals surface area contributed by atoms with E-state index in [1.165, 1.54) is 11.3 Å². The number of halogens is 2. The first kappa shape index (κ1) is 15.9. The van der Waals surface area contributed by atoms with Crippen molar-refractivity contribution in [2.24, 2.45) is 0 Å². The lowest BCUT2D eigenvalue weighted by atomic mass is 10.3. The molecule has 112 valence electrons. The van der Waals surface area contributed by atoms with Crippen molar-refractivity contribution in [3.63, 3.8) is 0 Å². The molecule has 2 rings (SSSR count). The number of anilines is 3. The lowest BCUT2D eigenvalue weighted by Gasteiger charge is -2.11. The molecule has 0 aliphatic rings. The van der Waals surface area contributed by atoms with Crippen molar-refractivity contribution < 1.29 is 4.79 Å². The Bertz CT molecular complexity index is 674. The molecule has 0 radical (unpaired) electrons. The van der Waals surface area contributed by atoms with Crippen molar-refractivity contribution >= 4 is 57.1 Å². The molecular formula is C13H14Cl2N4OS. The number of nitrogens with one attached hydrogen (secondary N) is 1. The van der Waals surface area contributed by atoms with Crippen molar-refractivity contribution in [1.29, 1.82) is 0 Å². The van der Waals surface area contributed by atoms with Gasteiger partial charge in [-0.1, -0.05) is 34.5 Å². The van der Waals surface area contributed by atoms with Crippen LogP contribution in [0.25, 0.3) is 0 Å². The quantitative estimate of drug-likeness (QED) is 0.886. The Kier molecular flexibility index (Phi) is 4.92. The highest BCUT2D eigenvalue weighted by atomic mass is 35.5. The van der Waals surface area contributed by atoms with Crippen LogP contribution in [0, 0.1) is 0 Å². The van der Waals surface area contributed by atoms with Crippen LogP contribution in [0.2, 0.25) is 10.0 Å². The van der Waals surface area contributed by atoms with Gasteiger partial charge in [0.25, 0.3) is 5.91 Å². The number of nitrogens with zero attached hydrogens (tertiary/aromatic N) is 2. The summed E-state index contributed by atoms with van der Waals surface area (Å²) in [6, 6.07) is 4.85. The van der Waals surface area contributed by atoms with Gasteiger partial charge in [0.1, 0.15) is 10.7 Å². The van der Waals surface area contributed by atoms with Crippen LogP contribution in [0.15, 0.2) is 18.2 Å². The summed E-state index contributed by atoms with van der Waals surface area (Å²) in [5.74, 6) is -0.157. The second-order valence-electron chi connectivity index (χ2n) is 4.30. The van der Waals surface area contributed by atoms with Crippen LogP contribution in [-0.4, -0.2) is 24.5 Å². The first-order valence-corrected chi connectivity index (χ1v) is 7.73. The average molecular weight is 345 g/mol. The van der Waals surface area contributed by atoms with Crippen LogP contribution in [0.5, 0.6) is 0 Å². The summed E-state index contributed by atoms with van der Waals surface area (Å²) < 4.78 is 0. The molecule has 1 aromatic heterocycles. The average Bonchev–Trinajstić information content (AvgIpc) is 2.84. The number of carbonyl (C=O) groups is 1. The molecule has 0 spiro atoms. The summed E-state index contributed by atoms with van der Waals surface area (Å²) in [4.78, 5) is 18.7. The molecule has 1 aromatic carbocycles. The molecule has 3 N–H and O–H groups in total. The third-order valence-electron chi connectivity index (χ3n) is 2.83. The number of nitrogen functional groups attached to an aromatic ring is 1. The van der Waals surface area contributed by atoms with Crippen LogP contribution in [0.3, 0.4) is 0 Å². The second kappa shape index (κ2) is 6.51. The zero-order valence-corrected chi connectivity index (χ0v) is 13.8. The molecule has 1 heterocycles. The molecule has 5 nitrogen and oxygen atoms in total. The zero-order valence-electron chi connectivity index (χ0n) is 11.5. The van der Waals surface area contributed by atoms with Gasteiger partial charge in [-0.25, -0.2) is 4.98 Å². The minimum atomic E-state index is -0.357. The number of amides is 1. The Morgan fingerprint density at radius 1 is 1.48 bits per heavy atom. The largest absolute Gasteiger partial charge is 0.382 e. The van der Waals surface area contributed by atoms with Crippen LogP contribution in [-0.2, 0) is 0 Å². The van der Waals surface area contributed by atoms with Crippen LogP contribution >= 0.6 is 34.5 Å². The van der Waals surface area contributed by atoms with Gasteiger partial charge in [-0.2, -0.15) is 0 Å². The Balaban J connectivity index is 2.24. The number of carbonyl (C=O) groups excluding carboxylic acids is 1. The molecule has 0 aliphatic carbocycles. The highest BCUT2D eigenvalue weighted by Gasteiger charge is 2.18. The van der Waals surface area contributed by atoms with E-state index in [0.29, 0.717) is 25.7 Å². The van der Waals surface area contributed by atoms with Crippen molar-refractivity contribution in [2.45, 2.75) is 6.92 Å². The van der Waals surface area contributed by atoms with E-state index in [-0.39, 0.29) is 11.7 Å². The number of thiazole rings is 1. The predicted octanol–water partition coefficient (Wildman–Crippen LogP) is 3.74. The molecule has 1 amide bonds. The van der Waals surface area contributed by atoms with Gasteiger partial charge in [0.05, 0.1) is 10.7 Å². The van der Waals surface area contributed by atoms with Crippen LogP contribution in [0.1, 0.15) is 16.6 Å². The fourth-order valence-electron chi connectivity index (χ4n) is 1.55. The molecule has 0 bridgehead atoms. The molecule has 8 heteroatoms. The Morgan fingerprint density at radius 3 is 2.86 bits per heavy atom. The second-order valence-corrected chi connectivity index (χ2v) is 6.12. The molecule has 21 heavy (non-hydrogen) atoms. The maximum absolute atomic E-state index is 12.3. The number of aromatic nitrogens is 1. The molecular weight excluding hydrogens is 331 g/mol. The minimum absolute atomic E-state index is 0.200. The van der Waals surface area contributed by atoms with E-state index in [2.05, 4.69) is 10.3 Å². The first-order chi connectivity index (χ1) is 9.92. The number of hydrogen-bond acceptors (Lipinski definition) is 5. The summed E-state index contributed by atoms with van der Waals surface area (Å²) in [7, 11) is 1.88. The normalized spacial score (nSPS) is 10.5. The van der Waals surface area contributed by atoms with Gasteiger partial charge in [-0.05, 0) is 25.1 Å². The lowest BCUT2D eigenvalue weighted by molar-refractivity contribution is 0.103. The van der Waals surface area contributed by atoms with E-state index in [0.717, 1.165) is 6.54 Å². The van der Waals surface area contributed by atoms with Gasteiger partial charge in [-0.15, -0.1) is 0 Å². The van der Waals surface area contributed by atoms with E-state index in [1.54, 1.807) is 18.2 Å². The fourth-order valence-corrected chi connectivity index (χ4v) is 2.80. The maximum Gasteiger partial charge on any atom is 0.269 e. The summed E-state index contributed by atoms with van der Waals surface area (Å²) in [5.41, 5.74) is 6.25. The van der Waals surface area contributed by atoms with Gasteiger partial charge in [0.15, 0.2) is 5.13 Å². The fraction of sp³-hybridized carbons (Fsp3) is 0.231. The van der Waals surface area contributed by atoms with Crippen molar-refractivity contribution in [1.82, 2.24) is 4.98 Å². The highest BCUT2D eigenvalue weighted by Crippen LogP contribution is 2.30. The lowest BCUT2D eigenvalue weighted by Crippen LogP contribution is -2.15. The van der Waals surface area contributed by atoms with E-state index < -0.39 is 0 Å². The molecule has 0 fully saturated rings. The zero-order chi connectivity index (χ0) is 15.6. The number of benzene rings is 1. The Morgan fingerprint density at radius 2 is 2.19 bits per heavy atom. The summed E-state index contributed by atoms with van der Waals surface area (Å²) >= 11 is 13.1. The van der Waals surface area contributed by atoms with Gasteiger partial charge < -0.3 is 16.0 Å². The van der Waals surface area contributed by atoms with Crippen LogP contribution < -0.4 is 16.0 Å². The van der Waals surface area contributed by atoms with Gasteiger partial charge in [0.2, 0.25) is 0 Å². The monoisotopic (exact) mass is 344 g/mol. The van der Waals surface area contributed by atoms with Gasteiger partial charge >= 0.3 is 0 Å². The van der Waals surface area contributed by atoms with Gasteiger partial charge in [-0.3, -0.25) is 4.79 Å². The van der Waals surface area contributed by atoms with E-state index >= 15 is 0 Å². The summed E-state index contributed by atoms with van der Waals surface area (Å²) in [5, 5.41) is 4.28. The molecule has 2 aromatic rings. The topological polar surface area (TPSA) is 71.2 Å². The number of hydrogen-bond donors (Lipinski definition) is 2. The van der Waals surface area contributed by atoms with Gasteiger partial charge in [0, 0.05) is 18.6 Å². The van der Waals surface area contributed by atoms with Crippen molar-refractivity contribution in [3.05, 3.63) is 33.1 Å². The predicted molar refractivity (Wildman–Crippen MR) is 89.9 cm³/mol.